The Balaban J connectivity index is 2.86. The van der Waals surface area contributed by atoms with Crippen molar-refractivity contribution in [1.29, 1.82) is 0 Å². The molecule has 0 amide bonds. The summed E-state index contributed by atoms with van der Waals surface area (Å²) in [7, 11) is 0. The molecule has 0 bridgehead atoms. The van der Waals surface area contributed by atoms with Crippen molar-refractivity contribution in [3.05, 3.63) is 40.0 Å². The molecule has 0 atom stereocenters. The second kappa shape index (κ2) is 2.43. The first kappa shape index (κ1) is 7.01. The molecule has 2 rings (SSSR count). The van der Waals surface area contributed by atoms with Gasteiger partial charge in [0, 0.05) is 5.22 Å². The fraction of sp³-hybridized carbons (Fsp3) is 0.100. The first-order valence-electron chi connectivity index (χ1n) is 3.72. The summed E-state index contributed by atoms with van der Waals surface area (Å²) in [4.78, 5) is 14.3. The number of hydrogen-bond donors (Lipinski definition) is 0. The Bertz CT molecular complexity index is 493. The van der Waals surface area contributed by atoms with Gasteiger partial charge in [0.15, 0.2) is 5.94 Å². The molecule has 0 saturated heterocycles. The molecule has 0 fully saturated rings. The molecule has 1 heterocycles. The van der Waals surface area contributed by atoms with Crippen molar-refractivity contribution >= 4 is 12.0 Å². The molecule has 0 aliphatic carbocycles. The van der Waals surface area contributed by atoms with Crippen LogP contribution in [0.1, 0.15) is 5.56 Å². The molecule has 0 saturated carbocycles. The highest BCUT2D eigenvalue weighted by atomic mass is 16.1. The highest BCUT2D eigenvalue weighted by molar-refractivity contribution is 5.69. The van der Waals surface area contributed by atoms with Gasteiger partial charge < -0.3 is 0 Å². The topological polar surface area (TPSA) is 29.4 Å². The van der Waals surface area contributed by atoms with E-state index >= 15 is 0 Å². The lowest BCUT2D eigenvalue weighted by Crippen LogP contribution is -2.20. The first-order valence-corrected chi connectivity index (χ1v) is 3.72. The van der Waals surface area contributed by atoms with Crippen LogP contribution in [0.3, 0.4) is 0 Å². The van der Waals surface area contributed by atoms with Crippen LogP contribution in [-0.2, 0) is 4.79 Å². The van der Waals surface area contributed by atoms with Crippen LogP contribution in [0.4, 0.5) is 0 Å². The van der Waals surface area contributed by atoms with Gasteiger partial charge in [-0.2, -0.15) is 0 Å². The summed E-state index contributed by atoms with van der Waals surface area (Å²) in [6.45, 7) is 2.00. The van der Waals surface area contributed by atoms with Crippen molar-refractivity contribution in [2.45, 2.75) is 6.92 Å². The summed E-state index contributed by atoms with van der Waals surface area (Å²) in [5.74, 6) is 1.77. The number of benzene rings is 1. The molecule has 0 unspecified atom stereocenters. The number of carbonyl (C=O) groups excluding carboxylic acids is 1. The Hall–Kier alpha value is -1.66. The molecular weight excluding hydrogens is 150 g/mol. The van der Waals surface area contributed by atoms with Crippen LogP contribution in [0, 0.1) is 6.92 Å². The lowest BCUT2D eigenvalue weighted by Gasteiger charge is -1.86. The molecule has 0 radical (unpaired) electrons. The van der Waals surface area contributed by atoms with E-state index in [1.54, 1.807) is 12.0 Å². The molecule has 0 aromatic heterocycles. The third-order valence-corrected chi connectivity index (χ3v) is 1.82. The van der Waals surface area contributed by atoms with Gasteiger partial charge in [-0.05, 0) is 24.6 Å². The molecule has 2 nitrogen and oxygen atoms in total. The molecule has 1 aromatic carbocycles. The summed E-state index contributed by atoms with van der Waals surface area (Å²) in [5, 5.41) is 1.87. The maximum absolute atomic E-state index is 10.3. The molecular formula is C10H7NO. The zero-order valence-electron chi connectivity index (χ0n) is 6.66. The van der Waals surface area contributed by atoms with Crippen molar-refractivity contribution < 1.29 is 4.79 Å². The summed E-state index contributed by atoms with van der Waals surface area (Å²) >= 11 is 0. The Kier molecular flexibility index (Phi) is 1.42. The standard InChI is InChI=1S/C10H7NO/c1-7-2-3-8-5-9(6-12)11-10(8)4-7/h2-5H,1H3. The predicted molar refractivity (Wildman–Crippen MR) is 45.6 cm³/mol. The third kappa shape index (κ3) is 0.987. The molecule has 58 valence electrons. The average molecular weight is 157 g/mol. The van der Waals surface area contributed by atoms with Gasteiger partial charge in [0.25, 0.3) is 0 Å². The van der Waals surface area contributed by atoms with E-state index in [9.17, 15) is 4.79 Å². The molecule has 1 aliphatic rings. The highest BCUT2D eigenvalue weighted by Gasteiger charge is 1.99. The van der Waals surface area contributed by atoms with Crippen molar-refractivity contribution in [1.82, 2.24) is 0 Å². The lowest BCUT2D eigenvalue weighted by molar-refractivity contribution is 0.567. The average Bonchev–Trinajstić information content (AvgIpc) is 2.46. The molecule has 2 heteroatoms. The molecule has 12 heavy (non-hydrogen) atoms. The van der Waals surface area contributed by atoms with E-state index in [1.165, 1.54) is 0 Å². The smallest absolute Gasteiger partial charge is 0.152 e. The lowest BCUT2D eigenvalue weighted by atomic mass is 10.2. The van der Waals surface area contributed by atoms with E-state index in [0.717, 1.165) is 16.1 Å². The molecule has 1 aliphatic heterocycles. The summed E-state index contributed by atoms with van der Waals surface area (Å²) in [6, 6.07) is 5.91. The maximum Gasteiger partial charge on any atom is 0.152 e. The fourth-order valence-corrected chi connectivity index (χ4v) is 1.23. The minimum atomic E-state index is 0.385. The molecule has 1 aromatic rings. The fourth-order valence-electron chi connectivity index (χ4n) is 1.23. The summed E-state index contributed by atoms with van der Waals surface area (Å²) in [5.41, 5.74) is 1.54. The van der Waals surface area contributed by atoms with E-state index in [1.807, 2.05) is 25.1 Å². The van der Waals surface area contributed by atoms with Crippen LogP contribution in [0.15, 0.2) is 28.9 Å². The van der Waals surface area contributed by atoms with Crippen LogP contribution in [0.2, 0.25) is 0 Å². The van der Waals surface area contributed by atoms with Gasteiger partial charge in [0.1, 0.15) is 5.70 Å². The minimum absolute atomic E-state index is 0.385. The van der Waals surface area contributed by atoms with Crippen LogP contribution < -0.4 is 10.6 Å². The van der Waals surface area contributed by atoms with Gasteiger partial charge in [0.2, 0.25) is 0 Å². The van der Waals surface area contributed by atoms with Crippen molar-refractivity contribution in [3.63, 3.8) is 0 Å². The minimum Gasteiger partial charge on any atom is -0.237 e. The number of aryl methyl sites for hydroxylation is 1. The van der Waals surface area contributed by atoms with Crippen molar-refractivity contribution in [3.8, 4) is 0 Å². The van der Waals surface area contributed by atoms with Crippen molar-refractivity contribution in [2.75, 3.05) is 0 Å². The Labute approximate surface area is 69.6 Å². The predicted octanol–water partition coefficient (Wildman–Crippen LogP) is 0.124. The van der Waals surface area contributed by atoms with Crippen LogP contribution in [0.5, 0.6) is 0 Å². The summed E-state index contributed by atoms with van der Waals surface area (Å²) < 4.78 is 0. The van der Waals surface area contributed by atoms with Crippen LogP contribution in [0.25, 0.3) is 6.08 Å². The highest BCUT2D eigenvalue weighted by Crippen LogP contribution is 1.96. The van der Waals surface area contributed by atoms with Gasteiger partial charge >= 0.3 is 0 Å². The number of rotatable bonds is 0. The monoisotopic (exact) mass is 157 g/mol. The second-order valence-electron chi connectivity index (χ2n) is 2.81. The van der Waals surface area contributed by atoms with Gasteiger partial charge in [-0.15, -0.1) is 0 Å². The second-order valence-corrected chi connectivity index (χ2v) is 2.81. The SMILES string of the molecule is Cc1ccc2c(c1)=NC(=C=O)C=2. The van der Waals surface area contributed by atoms with E-state index < -0.39 is 0 Å². The number of fused-ring (bicyclic) bond motifs is 1. The zero-order chi connectivity index (χ0) is 8.55. The third-order valence-electron chi connectivity index (χ3n) is 1.82. The Morgan fingerprint density at radius 2 is 2.25 bits per heavy atom. The van der Waals surface area contributed by atoms with Gasteiger partial charge in [-0.25, -0.2) is 9.79 Å². The number of nitrogens with zero attached hydrogens (tertiary/aromatic N) is 1. The van der Waals surface area contributed by atoms with E-state index in [0.29, 0.717) is 5.70 Å². The Morgan fingerprint density at radius 1 is 1.42 bits per heavy atom. The largest absolute Gasteiger partial charge is 0.237 e. The van der Waals surface area contributed by atoms with Gasteiger partial charge in [0.05, 0.1) is 5.36 Å². The Morgan fingerprint density at radius 3 is 3.00 bits per heavy atom. The number of allylic oxidation sites excluding steroid dienone is 1. The quantitative estimate of drug-likeness (QED) is 0.492. The molecule has 0 N–H and O–H groups in total. The van der Waals surface area contributed by atoms with Crippen molar-refractivity contribution in [2.24, 2.45) is 4.99 Å². The van der Waals surface area contributed by atoms with Gasteiger partial charge in [-0.1, -0.05) is 12.1 Å². The van der Waals surface area contributed by atoms with Crippen LogP contribution >= 0.6 is 0 Å². The van der Waals surface area contributed by atoms with E-state index in [-0.39, 0.29) is 0 Å². The summed E-state index contributed by atoms with van der Waals surface area (Å²) in [6.07, 6.45) is 1.74. The maximum atomic E-state index is 10.3. The first-order chi connectivity index (χ1) is 5.79. The molecule has 0 spiro atoms. The normalized spacial score (nSPS) is 12.9. The zero-order valence-corrected chi connectivity index (χ0v) is 6.66. The van der Waals surface area contributed by atoms with E-state index in [2.05, 4.69) is 4.99 Å². The van der Waals surface area contributed by atoms with Gasteiger partial charge in [-0.3, -0.25) is 0 Å². The van der Waals surface area contributed by atoms with Crippen LogP contribution in [-0.4, -0.2) is 5.94 Å². The number of hydrogen-bond acceptors (Lipinski definition) is 2. The van der Waals surface area contributed by atoms with E-state index in [4.69, 9.17) is 0 Å².